The average molecular weight is 206 g/mol. The van der Waals surface area contributed by atoms with E-state index < -0.39 is 0 Å². The highest BCUT2D eigenvalue weighted by Gasteiger charge is 2.07. The lowest BCUT2D eigenvalue weighted by Gasteiger charge is -2.17. The number of rotatable bonds is 5. The highest BCUT2D eigenvalue weighted by molar-refractivity contribution is 4.90. The number of nitrogens with zero attached hydrogens (tertiary/aromatic N) is 3. The van der Waals surface area contributed by atoms with Crippen molar-refractivity contribution in [3.05, 3.63) is 36.9 Å². The molecule has 0 amide bonds. The fourth-order valence-corrected chi connectivity index (χ4v) is 1.76. The van der Waals surface area contributed by atoms with Gasteiger partial charge in [-0.3, -0.25) is 5.01 Å². The van der Waals surface area contributed by atoms with E-state index in [0.717, 1.165) is 19.8 Å². The van der Waals surface area contributed by atoms with Crippen LogP contribution in [-0.2, 0) is 6.54 Å². The van der Waals surface area contributed by atoms with Crippen LogP contribution in [0.1, 0.15) is 12.8 Å². The van der Waals surface area contributed by atoms with Crippen LogP contribution in [0.4, 0.5) is 0 Å². The summed E-state index contributed by atoms with van der Waals surface area (Å²) in [7, 11) is 0. The lowest BCUT2D eigenvalue weighted by atomic mass is 10.3. The molecule has 0 spiro atoms. The molecule has 82 valence electrons. The number of unbranched alkanes of at least 4 members (excludes halogenated alkanes) is 1. The maximum atomic E-state index is 5.61. The van der Waals surface area contributed by atoms with Gasteiger partial charge in [-0.25, -0.2) is 5.84 Å². The molecule has 0 bridgehead atoms. The van der Waals surface area contributed by atoms with E-state index in [0.29, 0.717) is 0 Å². The van der Waals surface area contributed by atoms with E-state index in [9.17, 15) is 0 Å². The SMILES string of the molecule is NN1C=CN(CCCCn2cccc2)C1. The Morgan fingerprint density at radius 3 is 2.40 bits per heavy atom. The number of aromatic nitrogens is 1. The first-order chi connectivity index (χ1) is 7.34. The minimum Gasteiger partial charge on any atom is -0.357 e. The number of hydrogen-bond donors (Lipinski definition) is 1. The van der Waals surface area contributed by atoms with Crippen molar-refractivity contribution >= 4 is 0 Å². The van der Waals surface area contributed by atoms with Crippen LogP contribution in [0.2, 0.25) is 0 Å². The topological polar surface area (TPSA) is 37.4 Å². The maximum Gasteiger partial charge on any atom is 0.104 e. The van der Waals surface area contributed by atoms with Crippen molar-refractivity contribution in [2.24, 2.45) is 5.84 Å². The van der Waals surface area contributed by atoms with Gasteiger partial charge in [0, 0.05) is 37.9 Å². The van der Waals surface area contributed by atoms with Gasteiger partial charge in [0.1, 0.15) is 6.67 Å². The highest BCUT2D eigenvalue weighted by Crippen LogP contribution is 2.04. The molecule has 0 radical (unpaired) electrons. The molecule has 0 atom stereocenters. The van der Waals surface area contributed by atoms with Crippen molar-refractivity contribution < 1.29 is 0 Å². The highest BCUT2D eigenvalue weighted by atomic mass is 15.5. The third-order valence-electron chi connectivity index (χ3n) is 2.59. The van der Waals surface area contributed by atoms with Crippen molar-refractivity contribution in [3.63, 3.8) is 0 Å². The first-order valence-corrected chi connectivity index (χ1v) is 5.39. The standard InChI is InChI=1S/C11H18N4/c12-15-10-9-14(11-15)8-4-3-7-13-5-1-2-6-13/h1-2,5-6,9-10H,3-4,7-8,11-12H2. The Kier molecular flexibility index (Phi) is 3.29. The van der Waals surface area contributed by atoms with Gasteiger partial charge in [0.25, 0.3) is 0 Å². The molecule has 0 aromatic carbocycles. The quantitative estimate of drug-likeness (QED) is 0.581. The fourth-order valence-electron chi connectivity index (χ4n) is 1.76. The second kappa shape index (κ2) is 4.89. The fraction of sp³-hybridized carbons (Fsp3) is 0.455. The van der Waals surface area contributed by atoms with Crippen LogP contribution in [0.25, 0.3) is 0 Å². The van der Waals surface area contributed by atoms with Gasteiger partial charge in [-0.1, -0.05) is 0 Å². The molecular formula is C11H18N4. The van der Waals surface area contributed by atoms with E-state index in [-0.39, 0.29) is 0 Å². The van der Waals surface area contributed by atoms with E-state index in [2.05, 4.69) is 40.2 Å². The zero-order valence-electron chi connectivity index (χ0n) is 8.92. The van der Waals surface area contributed by atoms with Gasteiger partial charge in [-0.2, -0.15) is 0 Å². The van der Waals surface area contributed by atoms with Gasteiger partial charge >= 0.3 is 0 Å². The Hall–Kier alpha value is -1.42. The molecule has 0 fully saturated rings. The molecule has 1 aliphatic heterocycles. The normalized spacial score (nSPS) is 15.3. The molecule has 2 N–H and O–H groups in total. The first kappa shape index (κ1) is 10.1. The Morgan fingerprint density at radius 1 is 1.00 bits per heavy atom. The zero-order chi connectivity index (χ0) is 10.5. The molecule has 1 aliphatic rings. The van der Waals surface area contributed by atoms with E-state index in [1.807, 2.05) is 6.20 Å². The van der Waals surface area contributed by atoms with E-state index in [1.165, 1.54) is 12.8 Å². The predicted molar refractivity (Wildman–Crippen MR) is 60.4 cm³/mol. The van der Waals surface area contributed by atoms with E-state index in [1.54, 1.807) is 5.01 Å². The summed E-state index contributed by atoms with van der Waals surface area (Å²) in [5.41, 5.74) is 0. The number of nitrogens with two attached hydrogens (primary N) is 1. The summed E-state index contributed by atoms with van der Waals surface area (Å²) in [5, 5.41) is 1.70. The molecule has 4 nitrogen and oxygen atoms in total. The Balaban J connectivity index is 1.58. The number of hydrazine groups is 1. The van der Waals surface area contributed by atoms with Gasteiger partial charge in [-0.05, 0) is 25.0 Å². The summed E-state index contributed by atoms with van der Waals surface area (Å²) in [6.07, 6.45) is 10.6. The molecule has 0 saturated carbocycles. The van der Waals surface area contributed by atoms with Crippen molar-refractivity contribution in [3.8, 4) is 0 Å². The molecule has 1 aromatic rings. The molecule has 2 rings (SSSR count). The van der Waals surface area contributed by atoms with Gasteiger partial charge in [0.2, 0.25) is 0 Å². The van der Waals surface area contributed by atoms with Gasteiger partial charge in [0.15, 0.2) is 0 Å². The maximum absolute atomic E-state index is 5.61. The van der Waals surface area contributed by atoms with Crippen LogP contribution in [0.5, 0.6) is 0 Å². The Labute approximate surface area is 90.5 Å². The van der Waals surface area contributed by atoms with E-state index in [4.69, 9.17) is 5.84 Å². The second-order valence-corrected chi connectivity index (χ2v) is 3.89. The predicted octanol–water partition coefficient (Wildman–Crippen LogP) is 1.19. The van der Waals surface area contributed by atoms with Crippen molar-refractivity contribution in [1.29, 1.82) is 0 Å². The number of hydrogen-bond acceptors (Lipinski definition) is 3. The van der Waals surface area contributed by atoms with Crippen LogP contribution in [0.3, 0.4) is 0 Å². The minimum atomic E-state index is 0.823. The summed E-state index contributed by atoms with van der Waals surface area (Å²) < 4.78 is 2.22. The van der Waals surface area contributed by atoms with Crippen LogP contribution in [-0.4, -0.2) is 27.7 Å². The lowest BCUT2D eigenvalue weighted by Crippen LogP contribution is -2.30. The van der Waals surface area contributed by atoms with Crippen LogP contribution < -0.4 is 5.84 Å². The smallest absolute Gasteiger partial charge is 0.104 e. The van der Waals surface area contributed by atoms with Crippen LogP contribution >= 0.6 is 0 Å². The van der Waals surface area contributed by atoms with Gasteiger partial charge < -0.3 is 9.47 Å². The van der Waals surface area contributed by atoms with Crippen molar-refractivity contribution in [2.75, 3.05) is 13.2 Å². The minimum absolute atomic E-state index is 0.823. The van der Waals surface area contributed by atoms with Crippen LogP contribution in [0.15, 0.2) is 36.9 Å². The van der Waals surface area contributed by atoms with Gasteiger partial charge in [-0.15, -0.1) is 0 Å². The zero-order valence-corrected chi connectivity index (χ0v) is 8.92. The van der Waals surface area contributed by atoms with Gasteiger partial charge in [0.05, 0.1) is 0 Å². The molecule has 0 aliphatic carbocycles. The molecule has 2 heterocycles. The second-order valence-electron chi connectivity index (χ2n) is 3.89. The first-order valence-electron chi connectivity index (χ1n) is 5.39. The Bertz CT molecular complexity index is 304. The molecular weight excluding hydrogens is 188 g/mol. The van der Waals surface area contributed by atoms with E-state index >= 15 is 0 Å². The summed E-state index contributed by atoms with van der Waals surface area (Å²) in [5.74, 6) is 5.61. The third-order valence-corrected chi connectivity index (χ3v) is 2.59. The summed E-state index contributed by atoms with van der Waals surface area (Å²) in [6.45, 7) is 3.02. The average Bonchev–Trinajstić information content (AvgIpc) is 2.84. The summed E-state index contributed by atoms with van der Waals surface area (Å²) in [6, 6.07) is 4.13. The summed E-state index contributed by atoms with van der Waals surface area (Å²) in [4.78, 5) is 2.23. The molecule has 1 aromatic heterocycles. The Morgan fingerprint density at radius 2 is 1.73 bits per heavy atom. The lowest BCUT2D eigenvalue weighted by molar-refractivity contribution is 0.265. The molecule has 0 unspecified atom stereocenters. The van der Waals surface area contributed by atoms with Crippen molar-refractivity contribution in [2.45, 2.75) is 19.4 Å². The monoisotopic (exact) mass is 206 g/mol. The summed E-state index contributed by atoms with van der Waals surface area (Å²) >= 11 is 0. The van der Waals surface area contributed by atoms with Crippen LogP contribution in [0, 0.1) is 0 Å². The largest absolute Gasteiger partial charge is 0.357 e. The van der Waals surface area contributed by atoms with Crippen molar-refractivity contribution in [1.82, 2.24) is 14.5 Å². The molecule has 0 saturated heterocycles. The number of aryl methyl sites for hydroxylation is 1. The molecule has 4 heteroatoms. The molecule has 15 heavy (non-hydrogen) atoms. The third kappa shape index (κ3) is 3.02.